The molecule has 4 aromatic rings. The zero-order chi connectivity index (χ0) is 14.8. The highest BCUT2D eigenvalue weighted by atomic mass is 16.3. The highest BCUT2D eigenvalue weighted by molar-refractivity contribution is 5.72. The molecule has 2 aromatic carbocycles. The molecule has 22 heavy (non-hydrogen) atoms. The number of aromatic nitrogens is 3. The van der Waals surface area contributed by atoms with Crippen LogP contribution in [0.3, 0.4) is 0 Å². The van der Waals surface area contributed by atoms with Crippen molar-refractivity contribution >= 4 is 16.8 Å². The zero-order valence-electron chi connectivity index (χ0n) is 11.8. The standard InChI is InChI=1S/C17H14N4O/c1-2-7-16-15(6-1)20-17(22-16)11-19-13-4-3-5-14(10-13)21-9-8-18-12-21/h1-10,12,19H,11H2. The second-order valence-electron chi connectivity index (χ2n) is 4.95. The van der Waals surface area contributed by atoms with Gasteiger partial charge in [0, 0.05) is 23.8 Å². The number of nitrogens with one attached hydrogen (secondary N) is 1. The van der Waals surface area contributed by atoms with Crippen LogP contribution in [0.25, 0.3) is 16.8 Å². The van der Waals surface area contributed by atoms with Gasteiger partial charge in [-0.05, 0) is 30.3 Å². The Morgan fingerprint density at radius 1 is 1.09 bits per heavy atom. The Balaban J connectivity index is 1.53. The first-order valence-electron chi connectivity index (χ1n) is 7.05. The number of rotatable bonds is 4. The summed E-state index contributed by atoms with van der Waals surface area (Å²) in [4.78, 5) is 8.52. The fourth-order valence-corrected chi connectivity index (χ4v) is 2.36. The van der Waals surface area contributed by atoms with Gasteiger partial charge in [-0.2, -0.15) is 0 Å². The number of anilines is 1. The molecule has 0 fully saturated rings. The molecule has 0 spiro atoms. The van der Waals surface area contributed by atoms with Gasteiger partial charge in [0.15, 0.2) is 5.58 Å². The molecule has 5 nitrogen and oxygen atoms in total. The van der Waals surface area contributed by atoms with Crippen LogP contribution in [0.1, 0.15) is 5.89 Å². The molecule has 4 rings (SSSR count). The van der Waals surface area contributed by atoms with E-state index in [4.69, 9.17) is 4.42 Å². The minimum absolute atomic E-state index is 0.544. The highest BCUT2D eigenvalue weighted by Crippen LogP contribution is 2.18. The molecule has 0 atom stereocenters. The Morgan fingerprint density at radius 2 is 2.05 bits per heavy atom. The molecule has 0 aliphatic rings. The van der Waals surface area contributed by atoms with Crippen LogP contribution in [0, 0.1) is 0 Å². The first-order chi connectivity index (χ1) is 10.9. The van der Waals surface area contributed by atoms with Gasteiger partial charge in [0.1, 0.15) is 5.52 Å². The average Bonchev–Trinajstić information content (AvgIpc) is 3.22. The van der Waals surface area contributed by atoms with E-state index >= 15 is 0 Å². The van der Waals surface area contributed by atoms with E-state index in [1.54, 1.807) is 12.5 Å². The fraction of sp³-hybridized carbons (Fsp3) is 0.0588. The fourth-order valence-electron chi connectivity index (χ4n) is 2.36. The average molecular weight is 290 g/mol. The van der Waals surface area contributed by atoms with Gasteiger partial charge in [-0.1, -0.05) is 18.2 Å². The maximum Gasteiger partial charge on any atom is 0.214 e. The molecule has 5 heteroatoms. The number of fused-ring (bicyclic) bond motifs is 1. The lowest BCUT2D eigenvalue weighted by atomic mass is 10.2. The molecule has 2 heterocycles. The maximum atomic E-state index is 5.70. The largest absolute Gasteiger partial charge is 0.439 e. The Hall–Kier alpha value is -3.08. The van der Waals surface area contributed by atoms with Crippen LogP contribution in [0.2, 0.25) is 0 Å². The van der Waals surface area contributed by atoms with Crippen LogP contribution in [0.4, 0.5) is 5.69 Å². The molecule has 2 aromatic heterocycles. The van der Waals surface area contributed by atoms with Gasteiger partial charge in [-0.3, -0.25) is 0 Å². The van der Waals surface area contributed by atoms with Gasteiger partial charge in [0.25, 0.3) is 0 Å². The lowest BCUT2D eigenvalue weighted by Crippen LogP contribution is -2.00. The normalized spacial score (nSPS) is 10.9. The van der Waals surface area contributed by atoms with E-state index in [9.17, 15) is 0 Å². The third-order valence-electron chi connectivity index (χ3n) is 3.43. The second-order valence-corrected chi connectivity index (χ2v) is 4.95. The predicted molar refractivity (Wildman–Crippen MR) is 84.9 cm³/mol. The van der Waals surface area contributed by atoms with Crippen molar-refractivity contribution in [1.29, 1.82) is 0 Å². The van der Waals surface area contributed by atoms with Crippen LogP contribution < -0.4 is 5.32 Å². The summed E-state index contributed by atoms with van der Waals surface area (Å²) in [6.45, 7) is 0.544. The van der Waals surface area contributed by atoms with Crippen LogP contribution in [0.5, 0.6) is 0 Å². The van der Waals surface area contributed by atoms with Crippen molar-refractivity contribution in [1.82, 2.24) is 14.5 Å². The SMILES string of the molecule is c1cc(NCc2nc3ccccc3o2)cc(-n2ccnc2)c1. The van der Waals surface area contributed by atoms with Crippen molar-refractivity contribution in [3.63, 3.8) is 0 Å². The van der Waals surface area contributed by atoms with E-state index in [0.717, 1.165) is 22.5 Å². The summed E-state index contributed by atoms with van der Waals surface area (Å²) >= 11 is 0. The molecular formula is C17H14N4O. The maximum absolute atomic E-state index is 5.70. The Labute approximate surface area is 127 Å². The van der Waals surface area contributed by atoms with Crippen molar-refractivity contribution < 1.29 is 4.42 Å². The molecule has 1 N–H and O–H groups in total. The van der Waals surface area contributed by atoms with Crippen LogP contribution in [-0.2, 0) is 6.54 Å². The number of para-hydroxylation sites is 2. The summed E-state index contributed by atoms with van der Waals surface area (Å²) in [6.07, 6.45) is 5.46. The summed E-state index contributed by atoms with van der Waals surface area (Å²) in [5, 5.41) is 3.33. The van der Waals surface area contributed by atoms with Crippen molar-refractivity contribution in [3.8, 4) is 5.69 Å². The van der Waals surface area contributed by atoms with Gasteiger partial charge in [-0.15, -0.1) is 0 Å². The summed E-state index contributed by atoms with van der Waals surface area (Å²) in [5.74, 6) is 0.675. The van der Waals surface area contributed by atoms with E-state index in [2.05, 4.69) is 21.4 Å². The number of imidazole rings is 1. The van der Waals surface area contributed by atoms with E-state index in [1.165, 1.54) is 0 Å². The molecule has 0 radical (unpaired) electrons. The van der Waals surface area contributed by atoms with Crippen molar-refractivity contribution in [2.45, 2.75) is 6.54 Å². The third kappa shape index (κ3) is 2.44. The van der Waals surface area contributed by atoms with Crippen LogP contribution in [-0.4, -0.2) is 14.5 Å². The summed E-state index contributed by atoms with van der Waals surface area (Å²) in [5.41, 5.74) is 3.76. The number of oxazole rings is 1. The summed E-state index contributed by atoms with van der Waals surface area (Å²) in [6, 6.07) is 15.9. The second kappa shape index (κ2) is 5.37. The van der Waals surface area contributed by atoms with Gasteiger partial charge >= 0.3 is 0 Å². The van der Waals surface area contributed by atoms with E-state index in [0.29, 0.717) is 12.4 Å². The molecule has 0 saturated heterocycles. The number of hydrogen-bond donors (Lipinski definition) is 1. The van der Waals surface area contributed by atoms with E-state index in [1.807, 2.05) is 53.2 Å². The minimum Gasteiger partial charge on any atom is -0.439 e. The Morgan fingerprint density at radius 3 is 2.91 bits per heavy atom. The van der Waals surface area contributed by atoms with Gasteiger partial charge < -0.3 is 14.3 Å². The lowest BCUT2D eigenvalue weighted by Gasteiger charge is -2.07. The smallest absolute Gasteiger partial charge is 0.214 e. The number of hydrogen-bond acceptors (Lipinski definition) is 4. The molecule has 0 unspecified atom stereocenters. The molecule has 108 valence electrons. The van der Waals surface area contributed by atoms with Crippen molar-refractivity contribution in [2.24, 2.45) is 0 Å². The van der Waals surface area contributed by atoms with Gasteiger partial charge in [-0.25, -0.2) is 9.97 Å². The topological polar surface area (TPSA) is 55.9 Å². The van der Waals surface area contributed by atoms with Gasteiger partial charge in [0.05, 0.1) is 12.9 Å². The Kier molecular flexibility index (Phi) is 3.08. The lowest BCUT2D eigenvalue weighted by molar-refractivity contribution is 0.540. The van der Waals surface area contributed by atoms with Crippen LogP contribution >= 0.6 is 0 Å². The summed E-state index contributed by atoms with van der Waals surface area (Å²) in [7, 11) is 0. The number of benzene rings is 2. The zero-order valence-corrected chi connectivity index (χ0v) is 11.8. The quantitative estimate of drug-likeness (QED) is 0.623. The number of nitrogens with zero attached hydrogens (tertiary/aromatic N) is 3. The third-order valence-corrected chi connectivity index (χ3v) is 3.43. The Bertz CT molecular complexity index is 863. The molecule has 0 aliphatic carbocycles. The first-order valence-corrected chi connectivity index (χ1v) is 7.05. The molecule has 0 aliphatic heterocycles. The molecular weight excluding hydrogens is 276 g/mol. The minimum atomic E-state index is 0.544. The molecule has 0 amide bonds. The summed E-state index contributed by atoms with van der Waals surface area (Å²) < 4.78 is 7.67. The van der Waals surface area contributed by atoms with Crippen LogP contribution in [0.15, 0.2) is 71.7 Å². The van der Waals surface area contributed by atoms with Crippen molar-refractivity contribution in [3.05, 3.63) is 73.1 Å². The van der Waals surface area contributed by atoms with Crippen molar-refractivity contribution in [2.75, 3.05) is 5.32 Å². The predicted octanol–water partition coefficient (Wildman–Crippen LogP) is 3.63. The van der Waals surface area contributed by atoms with E-state index < -0.39 is 0 Å². The highest BCUT2D eigenvalue weighted by Gasteiger charge is 2.05. The van der Waals surface area contributed by atoms with E-state index in [-0.39, 0.29) is 0 Å². The monoisotopic (exact) mass is 290 g/mol. The molecule has 0 bridgehead atoms. The van der Waals surface area contributed by atoms with Gasteiger partial charge in [0.2, 0.25) is 5.89 Å². The molecule has 0 saturated carbocycles. The first kappa shape index (κ1) is 12.6.